The second-order valence-corrected chi connectivity index (χ2v) is 5.50. The van der Waals surface area contributed by atoms with Crippen LogP contribution >= 0.6 is 15.9 Å². The van der Waals surface area contributed by atoms with Gasteiger partial charge in [0.05, 0.1) is 9.40 Å². The minimum Gasteiger partial charge on any atom is -0.369 e. The first-order valence-corrected chi connectivity index (χ1v) is 7.00. The van der Waals surface area contributed by atoms with Crippen LogP contribution < -0.4 is 5.32 Å². The number of nitrogens with zero attached hydrogens (tertiary/aromatic N) is 2. The molecule has 0 spiro atoms. The third kappa shape index (κ3) is 3.41. The Morgan fingerprint density at radius 1 is 1.50 bits per heavy atom. The predicted molar refractivity (Wildman–Crippen MR) is 73.7 cm³/mol. The number of anilines is 1. The first kappa shape index (κ1) is 13.3. The quantitative estimate of drug-likeness (QED) is 0.664. The topological polar surface area (TPSA) is 68.1 Å². The first-order chi connectivity index (χ1) is 8.66. The van der Waals surface area contributed by atoms with Crippen LogP contribution in [0.3, 0.4) is 0 Å². The van der Waals surface area contributed by atoms with E-state index in [9.17, 15) is 10.1 Å². The van der Waals surface area contributed by atoms with Crippen molar-refractivity contribution in [1.29, 1.82) is 0 Å². The number of nitrogens with one attached hydrogen (secondary N) is 1. The van der Waals surface area contributed by atoms with Crippen LogP contribution in [0.25, 0.3) is 0 Å². The van der Waals surface area contributed by atoms with Crippen molar-refractivity contribution in [3.05, 3.63) is 26.9 Å². The fraction of sp³-hybridized carbons (Fsp3) is 0.583. The fourth-order valence-corrected chi connectivity index (χ4v) is 2.83. The van der Waals surface area contributed by atoms with Gasteiger partial charge >= 0.3 is 0 Å². The smallest absolute Gasteiger partial charge is 0.288 e. The van der Waals surface area contributed by atoms with Gasteiger partial charge in [-0.2, -0.15) is 0 Å². The molecule has 0 atom stereocenters. The van der Waals surface area contributed by atoms with Crippen molar-refractivity contribution in [3.63, 3.8) is 0 Å². The minimum atomic E-state index is -0.444. The molecule has 5 nitrogen and oxygen atoms in total. The van der Waals surface area contributed by atoms with Crippen molar-refractivity contribution < 1.29 is 4.92 Å². The summed E-state index contributed by atoms with van der Waals surface area (Å²) in [4.78, 5) is 14.2. The minimum absolute atomic E-state index is 0.00298. The standard InChI is InChI=1S/C12H16BrN3O2/c13-11-7-10(16(17)18)8-15-12(11)14-6-5-9-3-1-2-4-9/h7-9H,1-6H2,(H,14,15). The lowest BCUT2D eigenvalue weighted by atomic mass is 10.0. The molecule has 1 saturated carbocycles. The summed E-state index contributed by atoms with van der Waals surface area (Å²) in [5, 5.41) is 13.8. The summed E-state index contributed by atoms with van der Waals surface area (Å²) in [6, 6.07) is 1.48. The molecule has 0 bridgehead atoms. The van der Waals surface area contributed by atoms with E-state index in [1.165, 1.54) is 37.9 Å². The van der Waals surface area contributed by atoms with Gasteiger partial charge in [0.2, 0.25) is 0 Å². The molecule has 0 amide bonds. The maximum absolute atomic E-state index is 10.6. The van der Waals surface area contributed by atoms with E-state index in [0.717, 1.165) is 18.9 Å². The molecule has 0 saturated heterocycles. The molecular formula is C12H16BrN3O2. The molecule has 1 aliphatic rings. The second-order valence-electron chi connectivity index (χ2n) is 4.65. The van der Waals surface area contributed by atoms with E-state index in [1.54, 1.807) is 0 Å². The van der Waals surface area contributed by atoms with Gasteiger partial charge in [-0.05, 0) is 28.3 Å². The number of aromatic nitrogens is 1. The molecular weight excluding hydrogens is 298 g/mol. The number of pyridine rings is 1. The Labute approximate surface area is 114 Å². The Kier molecular flexibility index (Phi) is 4.52. The van der Waals surface area contributed by atoms with Crippen molar-refractivity contribution >= 4 is 27.4 Å². The molecule has 18 heavy (non-hydrogen) atoms. The van der Waals surface area contributed by atoms with E-state index in [0.29, 0.717) is 10.3 Å². The van der Waals surface area contributed by atoms with E-state index in [1.807, 2.05) is 0 Å². The van der Waals surface area contributed by atoms with Gasteiger partial charge in [0.25, 0.3) is 5.69 Å². The zero-order valence-corrected chi connectivity index (χ0v) is 11.6. The largest absolute Gasteiger partial charge is 0.369 e. The van der Waals surface area contributed by atoms with Crippen LogP contribution in [0.1, 0.15) is 32.1 Å². The van der Waals surface area contributed by atoms with Crippen LogP contribution in [0.2, 0.25) is 0 Å². The average molecular weight is 314 g/mol. The molecule has 1 heterocycles. The normalized spacial score (nSPS) is 15.8. The Morgan fingerprint density at radius 3 is 2.83 bits per heavy atom. The predicted octanol–water partition coefficient (Wildman–Crippen LogP) is 3.74. The maximum Gasteiger partial charge on any atom is 0.288 e. The third-order valence-electron chi connectivity index (χ3n) is 3.36. The number of hydrogen-bond donors (Lipinski definition) is 1. The van der Waals surface area contributed by atoms with E-state index >= 15 is 0 Å². The summed E-state index contributed by atoms with van der Waals surface area (Å²) in [5.74, 6) is 1.51. The van der Waals surface area contributed by atoms with Crippen molar-refractivity contribution in [3.8, 4) is 0 Å². The lowest BCUT2D eigenvalue weighted by Gasteiger charge is -2.11. The average Bonchev–Trinajstić information content (AvgIpc) is 2.84. The molecule has 0 aromatic carbocycles. The van der Waals surface area contributed by atoms with Gasteiger partial charge in [-0.25, -0.2) is 4.98 Å². The van der Waals surface area contributed by atoms with E-state index < -0.39 is 4.92 Å². The molecule has 1 aromatic heterocycles. The second kappa shape index (κ2) is 6.13. The zero-order chi connectivity index (χ0) is 13.0. The van der Waals surface area contributed by atoms with Gasteiger partial charge in [-0.15, -0.1) is 0 Å². The number of nitro groups is 1. The highest BCUT2D eigenvalue weighted by molar-refractivity contribution is 9.10. The van der Waals surface area contributed by atoms with Gasteiger partial charge in [-0.3, -0.25) is 10.1 Å². The molecule has 1 aromatic rings. The van der Waals surface area contributed by atoms with Crippen molar-refractivity contribution in [2.45, 2.75) is 32.1 Å². The van der Waals surface area contributed by atoms with E-state index in [2.05, 4.69) is 26.2 Å². The van der Waals surface area contributed by atoms with Crippen molar-refractivity contribution in [2.75, 3.05) is 11.9 Å². The summed E-state index contributed by atoms with van der Waals surface area (Å²) in [6.45, 7) is 0.869. The van der Waals surface area contributed by atoms with Crippen LogP contribution in [-0.4, -0.2) is 16.5 Å². The highest BCUT2D eigenvalue weighted by atomic mass is 79.9. The first-order valence-electron chi connectivity index (χ1n) is 6.20. The highest BCUT2D eigenvalue weighted by Crippen LogP contribution is 2.28. The zero-order valence-electron chi connectivity index (χ0n) is 10.1. The molecule has 0 aliphatic heterocycles. The maximum atomic E-state index is 10.6. The molecule has 2 rings (SSSR count). The summed E-state index contributed by atoms with van der Waals surface area (Å²) in [5.41, 5.74) is 0.00298. The molecule has 98 valence electrons. The molecule has 1 fully saturated rings. The molecule has 1 aliphatic carbocycles. The third-order valence-corrected chi connectivity index (χ3v) is 3.96. The SMILES string of the molecule is O=[N+]([O-])c1cnc(NCCC2CCCC2)c(Br)c1. The lowest BCUT2D eigenvalue weighted by molar-refractivity contribution is -0.385. The molecule has 6 heteroatoms. The van der Waals surface area contributed by atoms with Gasteiger partial charge in [-0.1, -0.05) is 25.7 Å². The molecule has 1 N–H and O–H groups in total. The lowest BCUT2D eigenvalue weighted by Crippen LogP contribution is -2.08. The van der Waals surface area contributed by atoms with Crippen LogP contribution in [-0.2, 0) is 0 Å². The highest BCUT2D eigenvalue weighted by Gasteiger charge is 2.15. The Bertz CT molecular complexity index is 433. The summed E-state index contributed by atoms with van der Waals surface area (Å²) in [7, 11) is 0. The summed E-state index contributed by atoms with van der Waals surface area (Å²) in [6.07, 6.45) is 7.79. The van der Waals surface area contributed by atoms with Crippen molar-refractivity contribution in [1.82, 2.24) is 4.98 Å². The van der Waals surface area contributed by atoms with Crippen LogP contribution in [0, 0.1) is 16.0 Å². The number of rotatable bonds is 5. The van der Waals surface area contributed by atoms with Gasteiger partial charge in [0.1, 0.15) is 12.0 Å². The number of halogens is 1. The number of hydrogen-bond acceptors (Lipinski definition) is 4. The van der Waals surface area contributed by atoms with Gasteiger partial charge in [0, 0.05) is 12.6 Å². The fourth-order valence-electron chi connectivity index (χ4n) is 2.35. The van der Waals surface area contributed by atoms with Crippen molar-refractivity contribution in [2.24, 2.45) is 5.92 Å². The van der Waals surface area contributed by atoms with E-state index in [4.69, 9.17) is 0 Å². The van der Waals surface area contributed by atoms with Crippen LogP contribution in [0.4, 0.5) is 11.5 Å². The monoisotopic (exact) mass is 313 g/mol. The van der Waals surface area contributed by atoms with Crippen LogP contribution in [0.15, 0.2) is 16.7 Å². The Morgan fingerprint density at radius 2 is 2.22 bits per heavy atom. The molecule has 0 unspecified atom stereocenters. The molecule has 0 radical (unpaired) electrons. The summed E-state index contributed by atoms with van der Waals surface area (Å²) < 4.78 is 0.642. The van der Waals surface area contributed by atoms with Gasteiger partial charge < -0.3 is 5.32 Å². The Hall–Kier alpha value is -1.17. The van der Waals surface area contributed by atoms with Crippen LogP contribution in [0.5, 0.6) is 0 Å². The Balaban J connectivity index is 1.87. The summed E-state index contributed by atoms with van der Waals surface area (Å²) >= 11 is 3.30. The van der Waals surface area contributed by atoms with Gasteiger partial charge in [0.15, 0.2) is 0 Å². The van der Waals surface area contributed by atoms with E-state index in [-0.39, 0.29) is 5.69 Å².